The van der Waals surface area contributed by atoms with E-state index in [1.807, 2.05) is 30.3 Å². The van der Waals surface area contributed by atoms with Crippen LogP contribution in [0.1, 0.15) is 38.2 Å². The average molecular weight is 349 g/mol. The first-order chi connectivity index (χ1) is 12.0. The molecule has 3 atom stereocenters. The monoisotopic (exact) mass is 349 g/mol. The third-order valence-electron chi connectivity index (χ3n) is 4.30. The molecule has 6 nitrogen and oxygen atoms in total. The number of benzene rings is 1. The van der Waals surface area contributed by atoms with Gasteiger partial charge in [-0.05, 0) is 38.2 Å². The number of ether oxygens (including phenoxy) is 2. The fourth-order valence-corrected chi connectivity index (χ4v) is 2.84. The van der Waals surface area contributed by atoms with Crippen molar-refractivity contribution in [2.75, 3.05) is 13.2 Å². The lowest BCUT2D eigenvalue weighted by atomic mass is 10.0. The molecular formula is C19H27NO5. The molecule has 1 aliphatic heterocycles. The van der Waals surface area contributed by atoms with Gasteiger partial charge in [0.1, 0.15) is 6.10 Å². The van der Waals surface area contributed by atoms with E-state index in [2.05, 4.69) is 5.32 Å². The molecule has 1 heterocycles. The highest BCUT2D eigenvalue weighted by Gasteiger charge is 2.22. The van der Waals surface area contributed by atoms with Gasteiger partial charge in [-0.25, -0.2) is 0 Å². The van der Waals surface area contributed by atoms with E-state index in [4.69, 9.17) is 14.6 Å². The average Bonchev–Trinajstić information content (AvgIpc) is 3.12. The molecule has 0 aromatic heterocycles. The number of carbonyl (C=O) groups is 2. The molecule has 138 valence electrons. The largest absolute Gasteiger partial charge is 0.481 e. The van der Waals surface area contributed by atoms with Crippen molar-refractivity contribution in [3.8, 4) is 0 Å². The van der Waals surface area contributed by atoms with E-state index in [0.29, 0.717) is 19.4 Å². The molecule has 1 saturated heterocycles. The standard InChI is InChI=1S/C19H27NO5/c1-14(25-13-17-8-5-11-24-17)19(23)20-16(9-10-18(21)22)12-15-6-3-2-4-7-15/h2-4,6-7,14,16-17H,5,8-13H2,1H3,(H,20,23)(H,21,22). The van der Waals surface area contributed by atoms with E-state index in [1.54, 1.807) is 6.92 Å². The summed E-state index contributed by atoms with van der Waals surface area (Å²) < 4.78 is 11.1. The van der Waals surface area contributed by atoms with Gasteiger partial charge in [-0.15, -0.1) is 0 Å². The van der Waals surface area contributed by atoms with E-state index in [0.717, 1.165) is 25.0 Å². The minimum Gasteiger partial charge on any atom is -0.481 e. The van der Waals surface area contributed by atoms with Gasteiger partial charge in [-0.2, -0.15) is 0 Å². The summed E-state index contributed by atoms with van der Waals surface area (Å²) in [6, 6.07) is 9.49. The maximum absolute atomic E-state index is 12.4. The highest BCUT2D eigenvalue weighted by Crippen LogP contribution is 2.13. The number of nitrogens with one attached hydrogen (secondary N) is 1. The number of hydrogen-bond donors (Lipinski definition) is 2. The topological polar surface area (TPSA) is 84.9 Å². The number of carbonyl (C=O) groups excluding carboxylic acids is 1. The highest BCUT2D eigenvalue weighted by atomic mass is 16.5. The Morgan fingerprint density at radius 2 is 2.12 bits per heavy atom. The van der Waals surface area contributed by atoms with Crippen molar-refractivity contribution in [1.29, 1.82) is 0 Å². The maximum atomic E-state index is 12.4. The second-order valence-electron chi connectivity index (χ2n) is 6.44. The van der Waals surface area contributed by atoms with Crippen molar-refractivity contribution in [2.45, 2.75) is 57.3 Å². The Balaban J connectivity index is 1.84. The van der Waals surface area contributed by atoms with E-state index in [9.17, 15) is 9.59 Å². The van der Waals surface area contributed by atoms with Gasteiger partial charge in [0.15, 0.2) is 0 Å². The number of hydrogen-bond acceptors (Lipinski definition) is 4. The highest BCUT2D eigenvalue weighted by molar-refractivity contribution is 5.80. The van der Waals surface area contributed by atoms with Gasteiger partial charge in [0.05, 0.1) is 12.7 Å². The summed E-state index contributed by atoms with van der Waals surface area (Å²) in [5, 5.41) is 11.9. The van der Waals surface area contributed by atoms with Crippen LogP contribution < -0.4 is 5.32 Å². The van der Waals surface area contributed by atoms with Gasteiger partial charge in [-0.3, -0.25) is 9.59 Å². The molecule has 0 radical (unpaired) electrons. The third-order valence-corrected chi connectivity index (χ3v) is 4.30. The Morgan fingerprint density at radius 3 is 2.76 bits per heavy atom. The Labute approximate surface area is 148 Å². The molecule has 2 N–H and O–H groups in total. The van der Waals surface area contributed by atoms with Crippen molar-refractivity contribution in [3.63, 3.8) is 0 Å². The second kappa shape index (κ2) is 10.2. The van der Waals surface area contributed by atoms with Crippen LogP contribution in [-0.4, -0.2) is 48.4 Å². The Morgan fingerprint density at radius 1 is 1.36 bits per heavy atom. The van der Waals surface area contributed by atoms with E-state index < -0.39 is 12.1 Å². The molecule has 25 heavy (non-hydrogen) atoms. The Bertz CT molecular complexity index is 542. The predicted molar refractivity (Wildman–Crippen MR) is 93.3 cm³/mol. The van der Waals surface area contributed by atoms with Crippen molar-refractivity contribution in [2.24, 2.45) is 0 Å². The summed E-state index contributed by atoms with van der Waals surface area (Å²) in [5.74, 6) is -1.08. The molecule has 1 aromatic rings. The summed E-state index contributed by atoms with van der Waals surface area (Å²) in [6.45, 7) is 2.87. The van der Waals surface area contributed by atoms with Crippen LogP contribution in [0, 0.1) is 0 Å². The quantitative estimate of drug-likeness (QED) is 0.676. The van der Waals surface area contributed by atoms with Crippen LogP contribution in [0.4, 0.5) is 0 Å². The van der Waals surface area contributed by atoms with Crippen LogP contribution >= 0.6 is 0 Å². The molecule has 2 rings (SSSR count). The summed E-state index contributed by atoms with van der Waals surface area (Å²) in [6.07, 6.45) is 2.47. The molecular weight excluding hydrogens is 322 g/mol. The summed E-state index contributed by atoms with van der Waals surface area (Å²) in [7, 11) is 0. The van der Waals surface area contributed by atoms with Gasteiger partial charge >= 0.3 is 5.97 Å². The van der Waals surface area contributed by atoms with E-state index in [1.165, 1.54) is 0 Å². The SMILES string of the molecule is CC(OCC1CCCO1)C(=O)NC(CCC(=O)O)Cc1ccccc1. The van der Waals surface area contributed by atoms with Crippen LogP contribution in [0.5, 0.6) is 0 Å². The second-order valence-corrected chi connectivity index (χ2v) is 6.44. The summed E-state index contributed by atoms with van der Waals surface area (Å²) >= 11 is 0. The normalized spacial score (nSPS) is 19.3. The molecule has 1 fully saturated rings. The fraction of sp³-hybridized carbons (Fsp3) is 0.579. The minimum atomic E-state index is -0.866. The molecule has 0 aliphatic carbocycles. The molecule has 1 aromatic carbocycles. The Kier molecular flexibility index (Phi) is 7.88. The van der Waals surface area contributed by atoms with Crippen LogP contribution in [0.2, 0.25) is 0 Å². The molecule has 0 saturated carbocycles. The zero-order valence-electron chi connectivity index (χ0n) is 14.6. The van der Waals surface area contributed by atoms with Crippen molar-refractivity contribution < 1.29 is 24.2 Å². The smallest absolute Gasteiger partial charge is 0.303 e. The number of carboxylic acids is 1. The first-order valence-electron chi connectivity index (χ1n) is 8.84. The van der Waals surface area contributed by atoms with Gasteiger partial charge in [0.2, 0.25) is 5.91 Å². The third kappa shape index (κ3) is 7.23. The zero-order chi connectivity index (χ0) is 18.1. The van der Waals surface area contributed by atoms with Gasteiger partial charge in [0, 0.05) is 19.1 Å². The van der Waals surface area contributed by atoms with Gasteiger partial charge in [-0.1, -0.05) is 30.3 Å². The van der Waals surface area contributed by atoms with Crippen molar-refractivity contribution in [3.05, 3.63) is 35.9 Å². The minimum absolute atomic E-state index is 0.0168. The van der Waals surface area contributed by atoms with E-state index in [-0.39, 0.29) is 24.5 Å². The number of amides is 1. The van der Waals surface area contributed by atoms with Crippen molar-refractivity contribution >= 4 is 11.9 Å². The summed E-state index contributed by atoms with van der Waals surface area (Å²) in [5.41, 5.74) is 1.06. The lowest BCUT2D eigenvalue weighted by molar-refractivity contribution is -0.138. The fourth-order valence-electron chi connectivity index (χ4n) is 2.84. The zero-order valence-corrected chi connectivity index (χ0v) is 14.6. The summed E-state index contributed by atoms with van der Waals surface area (Å²) in [4.78, 5) is 23.2. The van der Waals surface area contributed by atoms with Crippen LogP contribution in [0.3, 0.4) is 0 Å². The van der Waals surface area contributed by atoms with Crippen LogP contribution in [0.25, 0.3) is 0 Å². The van der Waals surface area contributed by atoms with Gasteiger partial charge < -0.3 is 19.9 Å². The maximum Gasteiger partial charge on any atom is 0.303 e. The number of carboxylic acid groups (broad SMARTS) is 1. The number of rotatable bonds is 10. The molecule has 3 unspecified atom stereocenters. The van der Waals surface area contributed by atoms with Crippen LogP contribution in [-0.2, 0) is 25.5 Å². The molecule has 6 heteroatoms. The van der Waals surface area contributed by atoms with Crippen LogP contribution in [0.15, 0.2) is 30.3 Å². The lowest BCUT2D eigenvalue weighted by Gasteiger charge is -2.22. The van der Waals surface area contributed by atoms with Gasteiger partial charge in [0.25, 0.3) is 0 Å². The molecule has 0 bridgehead atoms. The molecule has 1 amide bonds. The Hall–Kier alpha value is -1.92. The van der Waals surface area contributed by atoms with Crippen molar-refractivity contribution in [1.82, 2.24) is 5.32 Å². The molecule has 1 aliphatic rings. The lowest BCUT2D eigenvalue weighted by Crippen LogP contribution is -2.43. The predicted octanol–water partition coefficient (Wildman–Crippen LogP) is 2.16. The number of aliphatic carboxylic acids is 1. The first-order valence-corrected chi connectivity index (χ1v) is 8.84. The first kappa shape index (κ1) is 19.4. The van der Waals surface area contributed by atoms with E-state index >= 15 is 0 Å². The molecule has 0 spiro atoms.